The summed E-state index contributed by atoms with van der Waals surface area (Å²) in [5.41, 5.74) is 2.35. The Bertz CT molecular complexity index is 866. The highest BCUT2D eigenvalue weighted by Gasteiger charge is 2.20. The first-order valence-electron chi connectivity index (χ1n) is 8.39. The standard InChI is InChI=1S/C20H23N3O2S/c1-14-5-9-16(10-6-14)23-18(15-7-11-17(25-4)12-8-15)21-22-19(23)26-13-20(2,3)24/h5-12,24H,13H2,1-4H3. The predicted octanol–water partition coefficient (Wildman–Crippen LogP) is 4.11. The molecule has 6 heteroatoms. The fraction of sp³-hybridized carbons (Fsp3) is 0.300. The molecule has 0 aliphatic heterocycles. The average Bonchev–Trinajstić information content (AvgIpc) is 3.04. The van der Waals surface area contributed by atoms with Gasteiger partial charge in [0, 0.05) is 17.0 Å². The number of methoxy groups -OCH3 is 1. The number of aliphatic hydroxyl groups is 1. The van der Waals surface area contributed by atoms with E-state index in [1.165, 1.54) is 17.3 Å². The Balaban J connectivity index is 2.05. The smallest absolute Gasteiger partial charge is 0.196 e. The van der Waals surface area contributed by atoms with E-state index in [-0.39, 0.29) is 0 Å². The van der Waals surface area contributed by atoms with Crippen LogP contribution >= 0.6 is 11.8 Å². The Hall–Kier alpha value is -2.31. The molecule has 0 unspecified atom stereocenters. The Morgan fingerprint density at radius 1 is 1.04 bits per heavy atom. The molecule has 2 aromatic carbocycles. The third kappa shape index (κ3) is 4.26. The van der Waals surface area contributed by atoms with Gasteiger partial charge in [-0.3, -0.25) is 4.57 Å². The van der Waals surface area contributed by atoms with Gasteiger partial charge in [0.25, 0.3) is 0 Å². The maximum atomic E-state index is 10.1. The second-order valence-electron chi connectivity index (χ2n) is 6.81. The van der Waals surface area contributed by atoms with Crippen molar-refractivity contribution in [2.24, 2.45) is 0 Å². The molecular formula is C20H23N3O2S. The molecule has 3 aromatic rings. The molecule has 26 heavy (non-hydrogen) atoms. The van der Waals surface area contributed by atoms with E-state index in [2.05, 4.69) is 41.4 Å². The second kappa shape index (κ2) is 7.51. The van der Waals surface area contributed by atoms with Gasteiger partial charge in [0.1, 0.15) is 5.75 Å². The predicted molar refractivity (Wildman–Crippen MR) is 105 cm³/mol. The molecule has 136 valence electrons. The minimum atomic E-state index is -0.783. The van der Waals surface area contributed by atoms with E-state index in [0.29, 0.717) is 5.75 Å². The van der Waals surface area contributed by atoms with Crippen LogP contribution in [0.2, 0.25) is 0 Å². The van der Waals surface area contributed by atoms with Crippen LogP contribution in [0, 0.1) is 6.92 Å². The van der Waals surface area contributed by atoms with E-state index < -0.39 is 5.60 Å². The van der Waals surface area contributed by atoms with Crippen molar-refractivity contribution in [3.05, 3.63) is 54.1 Å². The van der Waals surface area contributed by atoms with E-state index in [1.54, 1.807) is 21.0 Å². The van der Waals surface area contributed by atoms with Crippen molar-refractivity contribution in [2.45, 2.75) is 31.5 Å². The van der Waals surface area contributed by atoms with Gasteiger partial charge in [-0.15, -0.1) is 10.2 Å². The molecule has 0 fully saturated rings. The van der Waals surface area contributed by atoms with E-state index in [0.717, 1.165) is 28.0 Å². The van der Waals surface area contributed by atoms with Gasteiger partial charge in [0.05, 0.1) is 12.7 Å². The van der Waals surface area contributed by atoms with Gasteiger partial charge < -0.3 is 9.84 Å². The summed E-state index contributed by atoms with van der Waals surface area (Å²) in [7, 11) is 1.65. The van der Waals surface area contributed by atoms with Crippen molar-refractivity contribution in [3.63, 3.8) is 0 Å². The van der Waals surface area contributed by atoms with Crippen LogP contribution in [0.5, 0.6) is 5.75 Å². The van der Waals surface area contributed by atoms with Crippen LogP contribution in [-0.2, 0) is 0 Å². The number of benzene rings is 2. The molecule has 0 spiro atoms. The molecular weight excluding hydrogens is 346 g/mol. The second-order valence-corrected chi connectivity index (χ2v) is 7.75. The van der Waals surface area contributed by atoms with Crippen LogP contribution in [0.1, 0.15) is 19.4 Å². The van der Waals surface area contributed by atoms with Crippen LogP contribution < -0.4 is 4.74 Å². The number of aromatic nitrogens is 3. The van der Waals surface area contributed by atoms with Crippen LogP contribution in [0.25, 0.3) is 17.1 Å². The van der Waals surface area contributed by atoms with Gasteiger partial charge in [-0.1, -0.05) is 29.5 Å². The van der Waals surface area contributed by atoms with Gasteiger partial charge in [-0.2, -0.15) is 0 Å². The maximum absolute atomic E-state index is 10.1. The number of ether oxygens (including phenoxy) is 1. The van der Waals surface area contributed by atoms with Crippen LogP contribution in [0.4, 0.5) is 0 Å². The summed E-state index contributed by atoms with van der Waals surface area (Å²) in [5.74, 6) is 2.08. The van der Waals surface area contributed by atoms with Crippen molar-refractivity contribution in [1.29, 1.82) is 0 Å². The monoisotopic (exact) mass is 369 g/mol. The summed E-state index contributed by atoms with van der Waals surface area (Å²) in [5, 5.41) is 19.6. The lowest BCUT2D eigenvalue weighted by Crippen LogP contribution is -2.22. The first kappa shape index (κ1) is 18.5. The molecule has 0 saturated heterocycles. The molecule has 0 bridgehead atoms. The normalized spacial score (nSPS) is 11.6. The molecule has 0 aliphatic rings. The maximum Gasteiger partial charge on any atom is 0.196 e. The molecule has 0 aliphatic carbocycles. The number of thioether (sulfide) groups is 1. The summed E-state index contributed by atoms with van der Waals surface area (Å²) < 4.78 is 7.27. The fourth-order valence-corrected chi connectivity index (χ4v) is 3.36. The zero-order valence-electron chi connectivity index (χ0n) is 15.4. The molecule has 0 atom stereocenters. The van der Waals surface area contributed by atoms with Crippen molar-refractivity contribution in [3.8, 4) is 22.8 Å². The van der Waals surface area contributed by atoms with Crippen LogP contribution in [-0.4, -0.2) is 38.3 Å². The molecule has 5 nitrogen and oxygen atoms in total. The Labute approximate surface area is 158 Å². The Morgan fingerprint density at radius 2 is 1.69 bits per heavy atom. The van der Waals surface area contributed by atoms with Crippen molar-refractivity contribution < 1.29 is 9.84 Å². The van der Waals surface area contributed by atoms with Gasteiger partial charge in [0.2, 0.25) is 0 Å². The van der Waals surface area contributed by atoms with Crippen molar-refractivity contribution in [2.75, 3.05) is 12.9 Å². The minimum Gasteiger partial charge on any atom is -0.497 e. The molecule has 0 amide bonds. The molecule has 1 heterocycles. The largest absolute Gasteiger partial charge is 0.497 e. The first-order valence-corrected chi connectivity index (χ1v) is 9.38. The highest BCUT2D eigenvalue weighted by atomic mass is 32.2. The zero-order valence-corrected chi connectivity index (χ0v) is 16.2. The molecule has 0 saturated carbocycles. The lowest BCUT2D eigenvalue weighted by atomic mass is 10.2. The summed E-state index contributed by atoms with van der Waals surface area (Å²) in [4.78, 5) is 0. The van der Waals surface area contributed by atoms with E-state index in [4.69, 9.17) is 4.74 Å². The summed E-state index contributed by atoms with van der Waals surface area (Å²) in [6, 6.07) is 16.0. The molecule has 1 N–H and O–H groups in total. The highest BCUT2D eigenvalue weighted by Crippen LogP contribution is 2.30. The lowest BCUT2D eigenvalue weighted by Gasteiger charge is -2.16. The summed E-state index contributed by atoms with van der Waals surface area (Å²) >= 11 is 1.49. The minimum absolute atomic E-state index is 0.527. The van der Waals surface area contributed by atoms with Gasteiger partial charge in [-0.25, -0.2) is 0 Å². The topological polar surface area (TPSA) is 60.2 Å². The third-order valence-corrected chi connectivity index (χ3v) is 5.20. The number of aryl methyl sites for hydroxylation is 1. The van der Waals surface area contributed by atoms with Gasteiger partial charge in [-0.05, 0) is 57.2 Å². The Morgan fingerprint density at radius 3 is 2.27 bits per heavy atom. The van der Waals surface area contributed by atoms with Crippen LogP contribution in [0.3, 0.4) is 0 Å². The average molecular weight is 369 g/mol. The molecule has 3 rings (SSSR count). The van der Waals surface area contributed by atoms with E-state index >= 15 is 0 Å². The summed E-state index contributed by atoms with van der Waals surface area (Å²) in [6.45, 7) is 5.64. The SMILES string of the molecule is COc1ccc(-c2nnc(SCC(C)(C)O)n2-c2ccc(C)cc2)cc1. The van der Waals surface area contributed by atoms with Crippen molar-refractivity contribution in [1.82, 2.24) is 14.8 Å². The van der Waals surface area contributed by atoms with Gasteiger partial charge >= 0.3 is 0 Å². The summed E-state index contributed by atoms with van der Waals surface area (Å²) in [6.07, 6.45) is 0. The number of hydrogen-bond acceptors (Lipinski definition) is 5. The number of rotatable bonds is 6. The van der Waals surface area contributed by atoms with E-state index in [9.17, 15) is 5.11 Å². The van der Waals surface area contributed by atoms with Crippen molar-refractivity contribution >= 4 is 11.8 Å². The lowest BCUT2D eigenvalue weighted by molar-refractivity contribution is 0.107. The quantitative estimate of drug-likeness (QED) is 0.663. The molecule has 1 aromatic heterocycles. The molecule has 0 radical (unpaired) electrons. The Kier molecular flexibility index (Phi) is 5.34. The number of nitrogens with zero attached hydrogens (tertiary/aromatic N) is 3. The zero-order chi connectivity index (χ0) is 18.7. The van der Waals surface area contributed by atoms with Gasteiger partial charge in [0.15, 0.2) is 11.0 Å². The first-order chi connectivity index (χ1) is 12.4. The third-order valence-electron chi connectivity index (χ3n) is 3.83. The highest BCUT2D eigenvalue weighted by molar-refractivity contribution is 7.99. The fourth-order valence-electron chi connectivity index (χ4n) is 2.46. The van der Waals surface area contributed by atoms with E-state index in [1.807, 2.05) is 28.8 Å². The van der Waals surface area contributed by atoms with Crippen LogP contribution in [0.15, 0.2) is 53.7 Å². The number of hydrogen-bond donors (Lipinski definition) is 1.